The molecule has 1 saturated heterocycles. The number of anilines is 2. The standard InChI is InChI=1S/C12H17F2N3O2S.C10H9ClN2O2/c1-16-20(18,19)9-2-3-11(10(15)8-9)17-6-4-12(13,14)5-7-17;1-14-8-3-6-7(4-9(8)15-2)12-5-13-10(6)11/h2-3,8,16H,4-7,15H2,1H3;3-5H,1-2H3. The molecule has 1 fully saturated rings. The van der Waals surface area contributed by atoms with Crippen molar-refractivity contribution in [1.29, 1.82) is 0 Å². The number of aromatic nitrogens is 2. The highest BCUT2D eigenvalue weighted by molar-refractivity contribution is 7.89. The van der Waals surface area contributed by atoms with E-state index in [1.165, 1.54) is 25.5 Å². The van der Waals surface area contributed by atoms with Crippen LogP contribution in [0.1, 0.15) is 12.8 Å². The summed E-state index contributed by atoms with van der Waals surface area (Å²) in [6, 6.07) is 7.85. The Hall–Kier alpha value is -2.96. The van der Waals surface area contributed by atoms with Crippen LogP contribution in [-0.4, -0.2) is 58.7 Å². The molecule has 9 nitrogen and oxygen atoms in total. The van der Waals surface area contributed by atoms with Gasteiger partial charge in [-0.3, -0.25) is 0 Å². The fourth-order valence-corrected chi connectivity index (χ4v) is 4.49. The molecule has 4 rings (SSSR count). The van der Waals surface area contributed by atoms with E-state index in [0.29, 0.717) is 22.3 Å². The molecule has 0 unspecified atom stereocenters. The van der Waals surface area contributed by atoms with Crippen molar-refractivity contribution in [3.63, 3.8) is 0 Å². The molecule has 190 valence electrons. The summed E-state index contributed by atoms with van der Waals surface area (Å²) in [6.45, 7) is 0.407. The second-order valence-electron chi connectivity index (χ2n) is 7.66. The third kappa shape index (κ3) is 6.19. The molecule has 0 amide bonds. The summed E-state index contributed by atoms with van der Waals surface area (Å²) in [5, 5.41) is 1.15. The number of nitrogens with zero attached hydrogens (tertiary/aromatic N) is 3. The van der Waals surface area contributed by atoms with Crippen LogP contribution in [0.15, 0.2) is 41.6 Å². The maximum absolute atomic E-state index is 13.1. The Morgan fingerprint density at radius 1 is 1.09 bits per heavy atom. The number of benzene rings is 2. The van der Waals surface area contributed by atoms with Crippen molar-refractivity contribution in [3.05, 3.63) is 41.8 Å². The van der Waals surface area contributed by atoms with Gasteiger partial charge < -0.3 is 20.1 Å². The van der Waals surface area contributed by atoms with Gasteiger partial charge in [-0.1, -0.05) is 11.6 Å². The number of alkyl halides is 2. The molecular formula is C22H26ClF2N5O4S. The van der Waals surface area contributed by atoms with Gasteiger partial charge in [0, 0.05) is 37.4 Å². The Morgan fingerprint density at radius 3 is 2.29 bits per heavy atom. The molecule has 1 aliphatic heterocycles. The van der Waals surface area contributed by atoms with Crippen LogP contribution in [0.4, 0.5) is 20.2 Å². The fraction of sp³-hybridized carbons (Fsp3) is 0.364. The van der Waals surface area contributed by atoms with Crippen LogP contribution in [0.3, 0.4) is 0 Å². The molecule has 2 heterocycles. The maximum atomic E-state index is 13.1. The first-order valence-electron chi connectivity index (χ1n) is 10.5. The Kier molecular flexibility index (Phi) is 8.18. The van der Waals surface area contributed by atoms with Gasteiger partial charge in [-0.15, -0.1) is 0 Å². The minimum Gasteiger partial charge on any atom is -0.493 e. The molecule has 1 aromatic heterocycles. The number of ether oxygens (including phenoxy) is 2. The molecule has 0 radical (unpaired) electrons. The Labute approximate surface area is 207 Å². The van der Waals surface area contributed by atoms with Crippen LogP contribution >= 0.6 is 11.6 Å². The van der Waals surface area contributed by atoms with Gasteiger partial charge in [0.15, 0.2) is 11.5 Å². The number of fused-ring (bicyclic) bond motifs is 1. The number of methoxy groups -OCH3 is 2. The van der Waals surface area contributed by atoms with Gasteiger partial charge in [0.1, 0.15) is 11.5 Å². The van der Waals surface area contributed by atoms with Gasteiger partial charge in [0.2, 0.25) is 10.0 Å². The van der Waals surface area contributed by atoms with Gasteiger partial charge in [0.25, 0.3) is 5.92 Å². The summed E-state index contributed by atoms with van der Waals surface area (Å²) in [4.78, 5) is 9.80. The van der Waals surface area contributed by atoms with E-state index >= 15 is 0 Å². The number of piperidine rings is 1. The third-order valence-electron chi connectivity index (χ3n) is 5.51. The van der Waals surface area contributed by atoms with E-state index in [9.17, 15) is 17.2 Å². The molecule has 3 aromatic rings. The van der Waals surface area contributed by atoms with Crippen molar-refractivity contribution in [1.82, 2.24) is 14.7 Å². The number of halogens is 3. The molecule has 0 aliphatic carbocycles. The number of nitrogens with one attached hydrogen (secondary N) is 1. The first-order valence-corrected chi connectivity index (χ1v) is 12.4. The molecule has 3 N–H and O–H groups in total. The molecule has 13 heteroatoms. The van der Waals surface area contributed by atoms with Crippen molar-refractivity contribution in [2.75, 3.05) is 45.0 Å². The van der Waals surface area contributed by atoms with Crippen molar-refractivity contribution in [2.24, 2.45) is 0 Å². The molecule has 2 aromatic carbocycles. The highest BCUT2D eigenvalue weighted by Gasteiger charge is 2.34. The summed E-state index contributed by atoms with van der Waals surface area (Å²) >= 11 is 5.93. The zero-order valence-corrected chi connectivity index (χ0v) is 21.0. The summed E-state index contributed by atoms with van der Waals surface area (Å²) in [7, 11) is 0.903. The Bertz CT molecular complexity index is 1300. The largest absolute Gasteiger partial charge is 0.493 e. The normalized spacial score (nSPS) is 15.3. The number of nitrogen functional groups attached to an aromatic ring is 1. The lowest BCUT2D eigenvalue weighted by Gasteiger charge is -2.34. The third-order valence-corrected chi connectivity index (χ3v) is 7.22. The molecule has 0 atom stereocenters. The predicted molar refractivity (Wildman–Crippen MR) is 131 cm³/mol. The van der Waals surface area contributed by atoms with Gasteiger partial charge in [0.05, 0.1) is 36.0 Å². The van der Waals surface area contributed by atoms with Crippen LogP contribution in [0.2, 0.25) is 5.15 Å². The van der Waals surface area contributed by atoms with Crippen LogP contribution in [0, 0.1) is 0 Å². The van der Waals surface area contributed by atoms with E-state index < -0.39 is 15.9 Å². The highest BCUT2D eigenvalue weighted by Crippen LogP contribution is 2.34. The van der Waals surface area contributed by atoms with Crippen LogP contribution in [-0.2, 0) is 10.0 Å². The summed E-state index contributed by atoms with van der Waals surface area (Å²) in [5.74, 6) is -1.39. The lowest BCUT2D eigenvalue weighted by atomic mass is 10.1. The lowest BCUT2D eigenvalue weighted by molar-refractivity contribution is -0.0220. The number of hydrogen-bond donors (Lipinski definition) is 2. The van der Waals surface area contributed by atoms with E-state index in [4.69, 9.17) is 26.8 Å². The molecule has 0 saturated carbocycles. The lowest BCUT2D eigenvalue weighted by Crippen LogP contribution is -2.39. The summed E-state index contributed by atoms with van der Waals surface area (Å²) in [5.41, 5.74) is 7.44. The fourth-order valence-electron chi connectivity index (χ4n) is 3.53. The van der Waals surface area contributed by atoms with Gasteiger partial charge >= 0.3 is 0 Å². The zero-order valence-electron chi connectivity index (χ0n) is 19.4. The SMILES string of the molecule is CNS(=O)(=O)c1ccc(N2CCC(F)(F)CC2)c(N)c1.COc1cc2ncnc(Cl)c2cc1OC. The van der Waals surface area contributed by atoms with E-state index in [-0.39, 0.29) is 36.5 Å². The number of rotatable bonds is 5. The molecule has 1 aliphatic rings. The minimum absolute atomic E-state index is 0.0589. The second-order valence-corrected chi connectivity index (χ2v) is 9.90. The Balaban J connectivity index is 0.000000203. The Morgan fingerprint density at radius 2 is 1.71 bits per heavy atom. The first kappa shape index (κ1) is 26.6. The number of nitrogens with two attached hydrogens (primary N) is 1. The van der Waals surface area contributed by atoms with Gasteiger partial charge in [-0.2, -0.15) is 0 Å². The predicted octanol–water partition coefficient (Wildman–Crippen LogP) is 3.71. The molecule has 0 spiro atoms. The van der Waals surface area contributed by atoms with Crippen LogP contribution < -0.4 is 24.8 Å². The van der Waals surface area contributed by atoms with Crippen LogP contribution in [0.25, 0.3) is 10.9 Å². The van der Waals surface area contributed by atoms with Crippen LogP contribution in [0.5, 0.6) is 11.5 Å². The van der Waals surface area contributed by atoms with Gasteiger partial charge in [-0.05, 0) is 31.3 Å². The topological polar surface area (TPSA) is 120 Å². The van der Waals surface area contributed by atoms with Crippen molar-refractivity contribution in [3.8, 4) is 11.5 Å². The quantitative estimate of drug-likeness (QED) is 0.379. The maximum Gasteiger partial charge on any atom is 0.251 e. The highest BCUT2D eigenvalue weighted by atomic mass is 35.5. The van der Waals surface area contributed by atoms with E-state index in [0.717, 1.165) is 10.9 Å². The first-order chi connectivity index (χ1) is 16.5. The summed E-state index contributed by atoms with van der Waals surface area (Å²) in [6.07, 6.45) is 0.975. The molecular weight excluding hydrogens is 504 g/mol. The smallest absolute Gasteiger partial charge is 0.251 e. The monoisotopic (exact) mass is 529 g/mol. The second kappa shape index (κ2) is 10.8. The minimum atomic E-state index is -3.56. The van der Waals surface area contributed by atoms with Gasteiger partial charge in [-0.25, -0.2) is 31.9 Å². The van der Waals surface area contributed by atoms with E-state index in [1.807, 2.05) is 0 Å². The average Bonchev–Trinajstić information content (AvgIpc) is 2.84. The molecule has 0 bridgehead atoms. The van der Waals surface area contributed by atoms with Crippen molar-refractivity contribution in [2.45, 2.75) is 23.7 Å². The van der Waals surface area contributed by atoms with Crippen molar-refractivity contribution < 1.29 is 26.7 Å². The van der Waals surface area contributed by atoms with E-state index in [2.05, 4.69) is 14.7 Å². The summed E-state index contributed by atoms with van der Waals surface area (Å²) < 4.78 is 62.0. The molecule has 35 heavy (non-hydrogen) atoms. The number of sulfonamides is 1. The number of hydrogen-bond acceptors (Lipinski definition) is 8. The van der Waals surface area contributed by atoms with E-state index in [1.54, 1.807) is 37.3 Å². The van der Waals surface area contributed by atoms with Crippen molar-refractivity contribution >= 4 is 43.9 Å². The average molecular weight is 530 g/mol. The zero-order chi connectivity index (χ0) is 25.8.